The summed E-state index contributed by atoms with van der Waals surface area (Å²) in [6.07, 6.45) is 3.65. The van der Waals surface area contributed by atoms with Crippen LogP contribution >= 0.6 is 0 Å². The van der Waals surface area contributed by atoms with E-state index < -0.39 is 11.7 Å². The van der Waals surface area contributed by atoms with Gasteiger partial charge in [0.15, 0.2) is 6.29 Å². The SMILES string of the molecule is CCC(C)c1ccccc1.CCCCOC(C)OC(=O)C(C)(C)CC. The molecule has 0 radical (unpaired) electrons. The van der Waals surface area contributed by atoms with Gasteiger partial charge in [-0.05, 0) is 51.5 Å². The maximum absolute atomic E-state index is 11.6. The number of hydrogen-bond acceptors (Lipinski definition) is 3. The van der Waals surface area contributed by atoms with Crippen LogP contribution in [0.1, 0.15) is 85.6 Å². The van der Waals surface area contributed by atoms with Gasteiger partial charge >= 0.3 is 5.97 Å². The molecule has 0 aliphatic carbocycles. The number of esters is 1. The van der Waals surface area contributed by atoms with Gasteiger partial charge in [0.1, 0.15) is 0 Å². The average molecular weight is 351 g/mol. The van der Waals surface area contributed by atoms with Gasteiger partial charge in [-0.3, -0.25) is 4.79 Å². The van der Waals surface area contributed by atoms with Crippen molar-refractivity contribution in [3.05, 3.63) is 35.9 Å². The first-order valence-corrected chi connectivity index (χ1v) is 9.66. The number of carbonyl (C=O) groups excluding carboxylic acids is 1. The molecule has 0 amide bonds. The molecule has 1 aromatic rings. The molecule has 0 fully saturated rings. The summed E-state index contributed by atoms with van der Waals surface area (Å²) in [6.45, 7) is 14.7. The van der Waals surface area contributed by atoms with E-state index in [1.54, 1.807) is 6.92 Å². The Hall–Kier alpha value is -1.35. The molecule has 0 saturated heterocycles. The smallest absolute Gasteiger partial charge is 0.313 e. The molecule has 0 aliphatic rings. The largest absolute Gasteiger partial charge is 0.436 e. The predicted octanol–water partition coefficient (Wildman–Crippen LogP) is 6.33. The van der Waals surface area contributed by atoms with Gasteiger partial charge in [0.05, 0.1) is 12.0 Å². The zero-order valence-corrected chi connectivity index (χ0v) is 17.3. The Labute approximate surface area is 155 Å². The zero-order valence-electron chi connectivity index (χ0n) is 17.3. The normalized spacial score (nSPS) is 13.4. The lowest BCUT2D eigenvalue weighted by Crippen LogP contribution is -2.30. The van der Waals surface area contributed by atoms with E-state index in [1.807, 2.05) is 20.8 Å². The molecule has 25 heavy (non-hydrogen) atoms. The maximum atomic E-state index is 11.6. The van der Waals surface area contributed by atoms with Crippen molar-refractivity contribution in [3.8, 4) is 0 Å². The van der Waals surface area contributed by atoms with Gasteiger partial charge < -0.3 is 9.47 Å². The van der Waals surface area contributed by atoms with Crippen LogP contribution in [-0.2, 0) is 14.3 Å². The van der Waals surface area contributed by atoms with Crippen molar-refractivity contribution in [1.29, 1.82) is 0 Å². The third-order valence-electron chi connectivity index (χ3n) is 4.54. The van der Waals surface area contributed by atoms with Crippen LogP contribution in [0.2, 0.25) is 0 Å². The third kappa shape index (κ3) is 10.3. The molecular formula is C22H38O3. The third-order valence-corrected chi connectivity index (χ3v) is 4.54. The minimum absolute atomic E-state index is 0.186. The second-order valence-corrected chi connectivity index (χ2v) is 7.15. The lowest BCUT2D eigenvalue weighted by molar-refractivity contribution is -0.185. The van der Waals surface area contributed by atoms with Gasteiger partial charge in [0, 0.05) is 0 Å². The van der Waals surface area contributed by atoms with Gasteiger partial charge in [-0.1, -0.05) is 64.4 Å². The second kappa shape index (κ2) is 12.9. The Morgan fingerprint density at radius 2 is 1.68 bits per heavy atom. The standard InChI is InChI=1S/C12H24O3.C10H14/c1-6-8-9-14-10(3)15-11(13)12(4,5)7-2;1-3-9(2)10-7-5-4-6-8-10/h10H,6-9H2,1-5H3;4-9H,3H2,1-2H3. The fraction of sp³-hybridized carbons (Fsp3) is 0.682. The molecule has 0 saturated carbocycles. The van der Waals surface area contributed by atoms with E-state index in [1.165, 1.54) is 12.0 Å². The van der Waals surface area contributed by atoms with Crippen molar-refractivity contribution in [3.63, 3.8) is 0 Å². The van der Waals surface area contributed by atoms with Gasteiger partial charge in [-0.15, -0.1) is 0 Å². The number of carbonyl (C=O) groups is 1. The Bertz CT molecular complexity index is 454. The molecule has 2 unspecified atom stereocenters. The molecule has 1 rings (SSSR count). The number of benzene rings is 1. The lowest BCUT2D eigenvalue weighted by Gasteiger charge is -2.23. The van der Waals surface area contributed by atoms with Crippen molar-refractivity contribution in [1.82, 2.24) is 0 Å². The highest BCUT2D eigenvalue weighted by Crippen LogP contribution is 2.22. The minimum Gasteiger partial charge on any atom is -0.436 e. The Balaban J connectivity index is 0.000000496. The monoisotopic (exact) mass is 350 g/mol. The van der Waals surface area contributed by atoms with Crippen LogP contribution in [0.15, 0.2) is 30.3 Å². The number of hydrogen-bond donors (Lipinski definition) is 0. The summed E-state index contributed by atoms with van der Waals surface area (Å²) in [5.74, 6) is 0.523. The summed E-state index contributed by atoms with van der Waals surface area (Å²) in [7, 11) is 0. The summed E-state index contributed by atoms with van der Waals surface area (Å²) < 4.78 is 10.5. The number of ether oxygens (including phenoxy) is 2. The van der Waals surface area contributed by atoms with Crippen molar-refractivity contribution in [2.75, 3.05) is 6.61 Å². The molecule has 3 heteroatoms. The quantitative estimate of drug-likeness (QED) is 0.296. The second-order valence-electron chi connectivity index (χ2n) is 7.15. The van der Waals surface area contributed by atoms with E-state index in [0.717, 1.165) is 19.3 Å². The first kappa shape index (κ1) is 23.6. The first-order chi connectivity index (χ1) is 11.8. The summed E-state index contributed by atoms with van der Waals surface area (Å²) in [5, 5.41) is 0. The molecule has 0 spiro atoms. The Morgan fingerprint density at radius 1 is 1.08 bits per heavy atom. The summed E-state index contributed by atoms with van der Waals surface area (Å²) in [5.41, 5.74) is 1.03. The van der Waals surface area contributed by atoms with E-state index in [0.29, 0.717) is 12.5 Å². The number of unbranched alkanes of at least 4 members (excludes halogenated alkanes) is 1. The zero-order chi connectivity index (χ0) is 19.3. The highest BCUT2D eigenvalue weighted by atomic mass is 16.7. The minimum atomic E-state index is -0.435. The molecule has 2 atom stereocenters. The van der Waals surface area contributed by atoms with Crippen LogP contribution in [0, 0.1) is 5.41 Å². The summed E-state index contributed by atoms with van der Waals surface area (Å²) in [6, 6.07) is 10.6. The van der Waals surface area contributed by atoms with Crippen molar-refractivity contribution >= 4 is 5.97 Å². The van der Waals surface area contributed by atoms with Gasteiger partial charge in [0.2, 0.25) is 0 Å². The van der Waals surface area contributed by atoms with Crippen LogP contribution < -0.4 is 0 Å². The van der Waals surface area contributed by atoms with Gasteiger partial charge in [0.25, 0.3) is 0 Å². The Kier molecular flexibility index (Phi) is 12.2. The fourth-order valence-electron chi connectivity index (χ4n) is 1.90. The molecule has 0 heterocycles. The van der Waals surface area contributed by atoms with E-state index in [4.69, 9.17) is 9.47 Å². The fourth-order valence-corrected chi connectivity index (χ4v) is 1.90. The van der Waals surface area contributed by atoms with E-state index >= 15 is 0 Å². The van der Waals surface area contributed by atoms with Crippen LogP contribution in [0.25, 0.3) is 0 Å². The van der Waals surface area contributed by atoms with E-state index in [-0.39, 0.29) is 5.97 Å². The maximum Gasteiger partial charge on any atom is 0.313 e. The number of rotatable bonds is 9. The van der Waals surface area contributed by atoms with Gasteiger partial charge in [-0.25, -0.2) is 0 Å². The first-order valence-electron chi connectivity index (χ1n) is 9.66. The van der Waals surface area contributed by atoms with Crippen LogP contribution in [0.4, 0.5) is 0 Å². The Morgan fingerprint density at radius 3 is 2.16 bits per heavy atom. The van der Waals surface area contributed by atoms with Crippen LogP contribution in [0.3, 0.4) is 0 Å². The molecule has 3 nitrogen and oxygen atoms in total. The molecule has 0 aliphatic heterocycles. The molecule has 0 aromatic heterocycles. The topological polar surface area (TPSA) is 35.5 Å². The highest BCUT2D eigenvalue weighted by Gasteiger charge is 2.28. The van der Waals surface area contributed by atoms with E-state index in [9.17, 15) is 4.79 Å². The van der Waals surface area contributed by atoms with Crippen LogP contribution in [0.5, 0.6) is 0 Å². The van der Waals surface area contributed by atoms with Crippen molar-refractivity contribution in [2.45, 2.75) is 86.4 Å². The lowest BCUT2D eigenvalue weighted by atomic mass is 9.91. The van der Waals surface area contributed by atoms with Crippen molar-refractivity contribution in [2.24, 2.45) is 5.41 Å². The molecule has 1 aromatic carbocycles. The highest BCUT2D eigenvalue weighted by molar-refractivity contribution is 5.75. The summed E-state index contributed by atoms with van der Waals surface area (Å²) >= 11 is 0. The average Bonchev–Trinajstić information content (AvgIpc) is 2.62. The molecule has 144 valence electrons. The van der Waals surface area contributed by atoms with Crippen LogP contribution in [-0.4, -0.2) is 18.9 Å². The van der Waals surface area contributed by atoms with E-state index in [2.05, 4.69) is 51.1 Å². The predicted molar refractivity (Wildman–Crippen MR) is 106 cm³/mol. The van der Waals surface area contributed by atoms with Gasteiger partial charge in [-0.2, -0.15) is 0 Å². The van der Waals surface area contributed by atoms with Crippen molar-refractivity contribution < 1.29 is 14.3 Å². The summed E-state index contributed by atoms with van der Waals surface area (Å²) in [4.78, 5) is 11.6. The molecule has 0 bridgehead atoms. The molecular weight excluding hydrogens is 312 g/mol. The molecule has 0 N–H and O–H groups in total.